The number of fused-ring (bicyclic) bond motifs is 1. The van der Waals surface area contributed by atoms with Gasteiger partial charge in [-0.1, -0.05) is 0 Å². The van der Waals surface area contributed by atoms with E-state index < -0.39 is 0 Å². The average molecular weight is 326 g/mol. The quantitative estimate of drug-likeness (QED) is 0.908. The number of halogens is 1. The Labute approximate surface area is 122 Å². The molecule has 2 rings (SSSR count). The minimum absolute atomic E-state index is 0.0698. The van der Waals surface area contributed by atoms with E-state index in [4.69, 9.17) is 9.15 Å². The Kier molecular flexibility index (Phi) is 3.92. The molecule has 0 atom stereocenters. The van der Waals surface area contributed by atoms with Crippen molar-refractivity contribution in [2.24, 2.45) is 0 Å². The molecule has 4 heteroatoms. The zero-order valence-electron chi connectivity index (χ0n) is 12.1. The number of aryl methyl sites for hydroxylation is 1. The van der Waals surface area contributed by atoms with Gasteiger partial charge in [-0.05, 0) is 61.3 Å². The summed E-state index contributed by atoms with van der Waals surface area (Å²) < 4.78 is 12.2. The van der Waals surface area contributed by atoms with Gasteiger partial charge in [0.15, 0.2) is 0 Å². The summed E-state index contributed by atoms with van der Waals surface area (Å²) in [5, 5.41) is 4.54. The van der Waals surface area contributed by atoms with Gasteiger partial charge in [0.1, 0.15) is 17.1 Å². The first-order valence-electron chi connectivity index (χ1n) is 6.32. The topological polar surface area (TPSA) is 34.4 Å². The molecular formula is C15H20BrNO2. The highest BCUT2D eigenvalue weighted by atomic mass is 79.9. The Morgan fingerprint density at radius 2 is 2.00 bits per heavy atom. The zero-order chi connectivity index (χ0) is 14.2. The SMILES string of the molecule is COc1cc(Br)c2oc(CNC(C)(C)C)c(C)c2c1. The molecule has 104 valence electrons. The number of hydrogen-bond donors (Lipinski definition) is 1. The molecule has 0 bridgehead atoms. The van der Waals surface area contributed by atoms with E-state index >= 15 is 0 Å². The van der Waals surface area contributed by atoms with Crippen LogP contribution in [0.1, 0.15) is 32.1 Å². The lowest BCUT2D eigenvalue weighted by atomic mass is 10.1. The lowest BCUT2D eigenvalue weighted by Gasteiger charge is -2.19. The Bertz CT molecular complexity index is 596. The van der Waals surface area contributed by atoms with Gasteiger partial charge in [0.25, 0.3) is 0 Å². The predicted octanol–water partition coefficient (Wildman–Crippen LogP) is 4.40. The van der Waals surface area contributed by atoms with Gasteiger partial charge in [-0.15, -0.1) is 0 Å². The fraction of sp³-hybridized carbons (Fsp3) is 0.467. The third kappa shape index (κ3) is 3.12. The van der Waals surface area contributed by atoms with Crippen LogP contribution in [0.4, 0.5) is 0 Å². The van der Waals surface area contributed by atoms with Gasteiger partial charge in [-0.3, -0.25) is 0 Å². The van der Waals surface area contributed by atoms with E-state index in [1.807, 2.05) is 12.1 Å². The normalized spacial score (nSPS) is 12.1. The lowest BCUT2D eigenvalue weighted by Crippen LogP contribution is -2.35. The molecule has 0 aliphatic heterocycles. The first kappa shape index (κ1) is 14.4. The van der Waals surface area contributed by atoms with Gasteiger partial charge in [-0.2, -0.15) is 0 Å². The molecule has 0 aliphatic carbocycles. The van der Waals surface area contributed by atoms with Gasteiger partial charge in [-0.25, -0.2) is 0 Å². The predicted molar refractivity (Wildman–Crippen MR) is 81.8 cm³/mol. The van der Waals surface area contributed by atoms with E-state index in [0.717, 1.165) is 39.1 Å². The maximum absolute atomic E-state index is 5.96. The van der Waals surface area contributed by atoms with Crippen LogP contribution in [0.2, 0.25) is 0 Å². The van der Waals surface area contributed by atoms with E-state index in [1.165, 1.54) is 0 Å². The highest BCUT2D eigenvalue weighted by molar-refractivity contribution is 9.10. The molecule has 1 heterocycles. The molecule has 0 fully saturated rings. The molecule has 1 aromatic heterocycles. The van der Waals surface area contributed by atoms with Crippen LogP contribution in [0.3, 0.4) is 0 Å². The molecule has 0 saturated heterocycles. The Morgan fingerprint density at radius 1 is 1.32 bits per heavy atom. The summed E-state index contributed by atoms with van der Waals surface area (Å²) in [5.74, 6) is 1.80. The monoisotopic (exact) mass is 325 g/mol. The first-order valence-corrected chi connectivity index (χ1v) is 7.11. The number of benzene rings is 1. The summed E-state index contributed by atoms with van der Waals surface area (Å²) >= 11 is 3.53. The largest absolute Gasteiger partial charge is 0.497 e. The fourth-order valence-corrected chi connectivity index (χ4v) is 2.45. The van der Waals surface area contributed by atoms with E-state index in [2.05, 4.69) is 48.9 Å². The van der Waals surface area contributed by atoms with Crippen LogP contribution in [0.15, 0.2) is 21.0 Å². The first-order chi connectivity index (χ1) is 8.81. The Balaban J connectivity index is 2.42. The minimum atomic E-state index is 0.0698. The molecule has 0 aliphatic rings. The van der Waals surface area contributed by atoms with E-state index in [0.29, 0.717) is 0 Å². The van der Waals surface area contributed by atoms with Crippen molar-refractivity contribution in [3.05, 3.63) is 27.9 Å². The van der Waals surface area contributed by atoms with Crippen LogP contribution in [0.5, 0.6) is 5.75 Å². The summed E-state index contributed by atoms with van der Waals surface area (Å²) in [6, 6.07) is 3.94. The third-order valence-corrected chi connectivity index (χ3v) is 3.67. The maximum Gasteiger partial charge on any atom is 0.149 e. The van der Waals surface area contributed by atoms with Crippen molar-refractivity contribution < 1.29 is 9.15 Å². The number of furan rings is 1. The van der Waals surface area contributed by atoms with Crippen molar-refractivity contribution in [3.63, 3.8) is 0 Å². The van der Waals surface area contributed by atoms with Crippen molar-refractivity contribution in [2.75, 3.05) is 7.11 Å². The molecule has 19 heavy (non-hydrogen) atoms. The molecule has 1 aromatic carbocycles. The second-order valence-corrected chi connectivity index (χ2v) is 6.59. The summed E-state index contributed by atoms with van der Waals surface area (Å²) in [7, 11) is 1.67. The molecular weight excluding hydrogens is 306 g/mol. The van der Waals surface area contributed by atoms with Crippen LogP contribution in [0.25, 0.3) is 11.0 Å². The number of rotatable bonds is 3. The van der Waals surface area contributed by atoms with Crippen molar-refractivity contribution in [1.82, 2.24) is 5.32 Å². The van der Waals surface area contributed by atoms with E-state index in [9.17, 15) is 0 Å². The summed E-state index contributed by atoms with van der Waals surface area (Å²) in [4.78, 5) is 0. The van der Waals surface area contributed by atoms with Gasteiger partial charge in [0, 0.05) is 10.9 Å². The van der Waals surface area contributed by atoms with Crippen LogP contribution in [-0.2, 0) is 6.54 Å². The molecule has 0 spiro atoms. The molecule has 0 unspecified atom stereocenters. The Hall–Kier alpha value is -1.00. The third-order valence-electron chi connectivity index (χ3n) is 3.08. The molecule has 3 nitrogen and oxygen atoms in total. The van der Waals surface area contributed by atoms with Crippen LogP contribution >= 0.6 is 15.9 Å². The van der Waals surface area contributed by atoms with E-state index in [-0.39, 0.29) is 5.54 Å². The molecule has 0 saturated carbocycles. The average Bonchev–Trinajstić information content (AvgIpc) is 2.64. The number of ether oxygens (including phenoxy) is 1. The highest BCUT2D eigenvalue weighted by Gasteiger charge is 2.16. The van der Waals surface area contributed by atoms with Gasteiger partial charge < -0.3 is 14.5 Å². The second kappa shape index (κ2) is 5.17. The summed E-state index contributed by atoms with van der Waals surface area (Å²) in [6.07, 6.45) is 0. The number of methoxy groups -OCH3 is 1. The molecule has 1 N–H and O–H groups in total. The van der Waals surface area contributed by atoms with Crippen molar-refractivity contribution in [3.8, 4) is 5.75 Å². The van der Waals surface area contributed by atoms with Crippen LogP contribution in [0, 0.1) is 6.92 Å². The fourth-order valence-electron chi connectivity index (χ4n) is 1.93. The standard InChI is InChI=1S/C15H20BrNO2/c1-9-11-6-10(18-5)7-12(16)14(11)19-13(9)8-17-15(2,3)4/h6-7,17H,8H2,1-5H3. The van der Waals surface area contributed by atoms with Crippen molar-refractivity contribution in [2.45, 2.75) is 39.8 Å². The maximum atomic E-state index is 5.96. The van der Waals surface area contributed by atoms with Crippen molar-refractivity contribution >= 4 is 26.9 Å². The van der Waals surface area contributed by atoms with Gasteiger partial charge >= 0.3 is 0 Å². The highest BCUT2D eigenvalue weighted by Crippen LogP contribution is 2.34. The van der Waals surface area contributed by atoms with Gasteiger partial charge in [0.05, 0.1) is 18.1 Å². The molecule has 2 aromatic rings. The second-order valence-electron chi connectivity index (χ2n) is 5.74. The molecule has 0 radical (unpaired) electrons. The number of nitrogens with one attached hydrogen (secondary N) is 1. The minimum Gasteiger partial charge on any atom is -0.497 e. The van der Waals surface area contributed by atoms with Gasteiger partial charge in [0.2, 0.25) is 0 Å². The van der Waals surface area contributed by atoms with E-state index in [1.54, 1.807) is 7.11 Å². The zero-order valence-corrected chi connectivity index (χ0v) is 13.6. The molecule has 0 amide bonds. The summed E-state index contributed by atoms with van der Waals surface area (Å²) in [5.41, 5.74) is 2.11. The summed E-state index contributed by atoms with van der Waals surface area (Å²) in [6.45, 7) is 9.23. The van der Waals surface area contributed by atoms with Crippen molar-refractivity contribution in [1.29, 1.82) is 0 Å². The van der Waals surface area contributed by atoms with Crippen LogP contribution in [-0.4, -0.2) is 12.6 Å². The Morgan fingerprint density at radius 3 is 2.58 bits per heavy atom. The lowest BCUT2D eigenvalue weighted by molar-refractivity contribution is 0.393. The number of hydrogen-bond acceptors (Lipinski definition) is 3. The smallest absolute Gasteiger partial charge is 0.149 e. The van der Waals surface area contributed by atoms with Crippen LogP contribution < -0.4 is 10.1 Å².